The van der Waals surface area contributed by atoms with Gasteiger partial charge in [-0.15, -0.1) is 0 Å². The molecule has 0 radical (unpaired) electrons. The zero-order chi connectivity index (χ0) is 16.3. The van der Waals surface area contributed by atoms with Gasteiger partial charge in [0.2, 0.25) is 0 Å². The Morgan fingerprint density at radius 1 is 1.26 bits per heavy atom. The van der Waals surface area contributed by atoms with Crippen molar-refractivity contribution in [1.82, 2.24) is 10.6 Å². The van der Waals surface area contributed by atoms with Gasteiger partial charge in [0, 0.05) is 37.1 Å². The highest BCUT2D eigenvalue weighted by atomic mass is 16.5. The lowest BCUT2D eigenvalue weighted by atomic mass is 9.55. The number of aliphatic imine (C=N–C) groups is 1. The largest absolute Gasteiger partial charge is 0.380 e. The molecule has 1 heterocycles. The Balaban J connectivity index is 1.57. The molecule has 1 saturated heterocycles. The molecule has 3 rings (SSSR count). The quantitative estimate of drug-likeness (QED) is 0.602. The van der Waals surface area contributed by atoms with Crippen molar-refractivity contribution in [3.63, 3.8) is 0 Å². The summed E-state index contributed by atoms with van der Waals surface area (Å²) in [5, 5.41) is 7.19. The average Bonchev–Trinajstić information content (AvgIpc) is 2.55. The van der Waals surface area contributed by atoms with Crippen LogP contribution in [0.3, 0.4) is 0 Å². The predicted molar refractivity (Wildman–Crippen MR) is 92.8 cm³/mol. The topological polar surface area (TPSA) is 54.9 Å². The van der Waals surface area contributed by atoms with Gasteiger partial charge in [0.05, 0.1) is 19.3 Å². The standard InChI is InChI=1S/C18H33N3O2/c1-4-23-15-10-14(18(15)8-6-5-7-9-18)21-16(19-3)20-11-17(2)12-22-13-17/h14-15H,4-13H2,1-3H3,(H2,19,20,21). The van der Waals surface area contributed by atoms with Crippen LogP contribution in [0, 0.1) is 10.8 Å². The van der Waals surface area contributed by atoms with Gasteiger partial charge in [-0.25, -0.2) is 0 Å². The maximum Gasteiger partial charge on any atom is 0.191 e. The van der Waals surface area contributed by atoms with Crippen LogP contribution in [-0.2, 0) is 9.47 Å². The Labute approximate surface area is 140 Å². The van der Waals surface area contributed by atoms with E-state index in [4.69, 9.17) is 9.47 Å². The van der Waals surface area contributed by atoms with E-state index < -0.39 is 0 Å². The summed E-state index contributed by atoms with van der Waals surface area (Å²) in [7, 11) is 1.86. The molecule has 0 amide bonds. The lowest BCUT2D eigenvalue weighted by Gasteiger charge is -2.58. The van der Waals surface area contributed by atoms with Gasteiger partial charge in [-0.1, -0.05) is 26.2 Å². The van der Waals surface area contributed by atoms with Gasteiger partial charge in [-0.2, -0.15) is 0 Å². The van der Waals surface area contributed by atoms with E-state index in [2.05, 4.69) is 29.5 Å². The first-order valence-electron chi connectivity index (χ1n) is 9.28. The lowest BCUT2D eigenvalue weighted by molar-refractivity contribution is -0.145. The van der Waals surface area contributed by atoms with Gasteiger partial charge in [0.25, 0.3) is 0 Å². The number of nitrogens with one attached hydrogen (secondary N) is 2. The SMILES string of the molecule is CCOC1CC(NC(=NC)NCC2(C)COC2)C12CCCCC2. The van der Waals surface area contributed by atoms with Crippen molar-refractivity contribution in [2.45, 2.75) is 64.5 Å². The Kier molecular flexibility index (Phi) is 5.16. The van der Waals surface area contributed by atoms with Crippen molar-refractivity contribution in [3.05, 3.63) is 0 Å². The summed E-state index contributed by atoms with van der Waals surface area (Å²) >= 11 is 0. The summed E-state index contributed by atoms with van der Waals surface area (Å²) in [4.78, 5) is 4.43. The van der Waals surface area contributed by atoms with Gasteiger partial charge in [0.1, 0.15) is 0 Å². The van der Waals surface area contributed by atoms with Crippen molar-refractivity contribution in [1.29, 1.82) is 0 Å². The highest BCUT2D eigenvalue weighted by Crippen LogP contribution is 2.53. The fourth-order valence-corrected chi connectivity index (χ4v) is 4.48. The first-order valence-corrected chi connectivity index (χ1v) is 9.28. The van der Waals surface area contributed by atoms with Gasteiger partial charge >= 0.3 is 0 Å². The van der Waals surface area contributed by atoms with Crippen LogP contribution in [0.25, 0.3) is 0 Å². The molecule has 3 aliphatic rings. The van der Waals surface area contributed by atoms with Crippen LogP contribution in [0.15, 0.2) is 4.99 Å². The molecule has 5 nitrogen and oxygen atoms in total. The molecule has 0 aromatic rings. The van der Waals surface area contributed by atoms with Crippen molar-refractivity contribution in [2.75, 3.05) is 33.4 Å². The molecule has 5 heteroatoms. The van der Waals surface area contributed by atoms with E-state index in [1.165, 1.54) is 32.1 Å². The van der Waals surface area contributed by atoms with E-state index in [1.807, 2.05) is 7.05 Å². The molecule has 0 bridgehead atoms. The molecule has 1 spiro atoms. The van der Waals surface area contributed by atoms with Crippen LogP contribution in [-0.4, -0.2) is 51.5 Å². The fraction of sp³-hybridized carbons (Fsp3) is 0.944. The Bertz CT molecular complexity index is 428. The number of hydrogen-bond donors (Lipinski definition) is 2. The average molecular weight is 323 g/mol. The summed E-state index contributed by atoms with van der Waals surface area (Å²) in [6, 6.07) is 0.496. The zero-order valence-corrected chi connectivity index (χ0v) is 15.0. The van der Waals surface area contributed by atoms with Crippen molar-refractivity contribution in [3.8, 4) is 0 Å². The van der Waals surface area contributed by atoms with E-state index in [0.29, 0.717) is 17.6 Å². The molecule has 1 aliphatic heterocycles. The Morgan fingerprint density at radius 2 is 2.00 bits per heavy atom. The van der Waals surface area contributed by atoms with Gasteiger partial charge < -0.3 is 20.1 Å². The third kappa shape index (κ3) is 3.36. The minimum Gasteiger partial charge on any atom is -0.380 e. The van der Waals surface area contributed by atoms with E-state index in [0.717, 1.165) is 38.7 Å². The van der Waals surface area contributed by atoms with Gasteiger partial charge in [-0.05, 0) is 26.2 Å². The monoisotopic (exact) mass is 323 g/mol. The summed E-state index contributed by atoms with van der Waals surface area (Å²) in [5.41, 5.74) is 0.586. The van der Waals surface area contributed by atoms with Crippen molar-refractivity contribution >= 4 is 5.96 Å². The number of hydrogen-bond acceptors (Lipinski definition) is 3. The first kappa shape index (κ1) is 17.0. The van der Waals surface area contributed by atoms with Crippen LogP contribution >= 0.6 is 0 Å². The third-order valence-corrected chi connectivity index (χ3v) is 6.06. The summed E-state index contributed by atoms with van der Waals surface area (Å²) in [6.07, 6.45) is 8.16. The number of nitrogens with zero attached hydrogens (tertiary/aromatic N) is 1. The second-order valence-corrected chi connectivity index (χ2v) is 7.90. The highest BCUT2D eigenvalue weighted by molar-refractivity contribution is 5.80. The summed E-state index contributed by atoms with van der Waals surface area (Å²) in [5.74, 6) is 0.933. The Hall–Kier alpha value is -0.810. The van der Waals surface area contributed by atoms with Crippen LogP contribution in [0.5, 0.6) is 0 Å². The van der Waals surface area contributed by atoms with Crippen LogP contribution in [0.1, 0.15) is 52.4 Å². The maximum atomic E-state index is 6.04. The number of rotatable bonds is 5. The molecule has 2 aliphatic carbocycles. The minimum absolute atomic E-state index is 0.258. The highest BCUT2D eigenvalue weighted by Gasteiger charge is 2.55. The zero-order valence-electron chi connectivity index (χ0n) is 15.0. The predicted octanol–water partition coefficient (Wildman–Crippen LogP) is 2.32. The van der Waals surface area contributed by atoms with Crippen LogP contribution in [0.4, 0.5) is 0 Å². The molecular weight excluding hydrogens is 290 g/mol. The number of guanidine groups is 1. The molecule has 132 valence electrons. The first-order chi connectivity index (χ1) is 11.1. The maximum absolute atomic E-state index is 6.04. The molecule has 2 saturated carbocycles. The molecular formula is C18H33N3O2. The van der Waals surface area contributed by atoms with Crippen molar-refractivity contribution in [2.24, 2.45) is 15.8 Å². The third-order valence-electron chi connectivity index (χ3n) is 6.06. The smallest absolute Gasteiger partial charge is 0.191 e. The lowest BCUT2D eigenvalue weighted by Crippen LogP contribution is -2.67. The van der Waals surface area contributed by atoms with Gasteiger partial charge in [-0.3, -0.25) is 4.99 Å². The van der Waals surface area contributed by atoms with Crippen molar-refractivity contribution < 1.29 is 9.47 Å². The molecule has 2 atom stereocenters. The number of ether oxygens (including phenoxy) is 2. The minimum atomic E-state index is 0.258. The molecule has 2 N–H and O–H groups in total. The van der Waals surface area contributed by atoms with E-state index in [9.17, 15) is 0 Å². The van der Waals surface area contributed by atoms with E-state index >= 15 is 0 Å². The van der Waals surface area contributed by atoms with E-state index in [1.54, 1.807) is 0 Å². The second-order valence-electron chi connectivity index (χ2n) is 7.90. The van der Waals surface area contributed by atoms with Crippen LogP contribution < -0.4 is 10.6 Å². The van der Waals surface area contributed by atoms with Crippen LogP contribution in [0.2, 0.25) is 0 Å². The van der Waals surface area contributed by atoms with Gasteiger partial charge in [0.15, 0.2) is 5.96 Å². The molecule has 0 aromatic heterocycles. The molecule has 23 heavy (non-hydrogen) atoms. The molecule has 2 unspecified atom stereocenters. The summed E-state index contributed by atoms with van der Waals surface area (Å²) < 4.78 is 11.4. The second kappa shape index (κ2) is 6.98. The molecule has 0 aromatic carbocycles. The molecule has 3 fully saturated rings. The van der Waals surface area contributed by atoms with E-state index in [-0.39, 0.29) is 5.41 Å². The Morgan fingerprint density at radius 3 is 2.57 bits per heavy atom. The normalized spacial score (nSPS) is 32.0. The summed E-state index contributed by atoms with van der Waals surface area (Å²) in [6.45, 7) is 7.80. The fourth-order valence-electron chi connectivity index (χ4n) is 4.48.